The molecule has 1 aliphatic rings. The van der Waals surface area contributed by atoms with Crippen molar-refractivity contribution in [1.82, 2.24) is 50.2 Å². The summed E-state index contributed by atoms with van der Waals surface area (Å²) in [5.74, 6) is 1.76. The van der Waals surface area contributed by atoms with Gasteiger partial charge in [0, 0.05) is 39.3 Å². The van der Waals surface area contributed by atoms with Gasteiger partial charge in [0.2, 0.25) is 0 Å². The molecule has 0 amide bonds. The third-order valence-electron chi connectivity index (χ3n) is 9.38. The van der Waals surface area contributed by atoms with Crippen LogP contribution in [0.2, 0.25) is 0 Å². The minimum Gasteiger partial charge on any atom is -0.287 e. The van der Waals surface area contributed by atoms with Crippen LogP contribution in [0.1, 0.15) is 57.1 Å². The Balaban J connectivity index is 1.14. The topological polar surface area (TPSA) is 93.7 Å². The summed E-state index contributed by atoms with van der Waals surface area (Å²) in [6.07, 6.45) is 1.73. The average Bonchev–Trinajstić information content (AvgIpc) is 3.80. The molecule has 10 heteroatoms. The highest BCUT2D eigenvalue weighted by Crippen LogP contribution is 2.33. The molecular formula is C38H42N10. The normalized spacial score (nSPS) is 15.4. The SMILES string of the molecule is Cc1ccc(C(c2nnnn2CCc2ccccc2)N2CCN(C(c3ccc(C)cc3)c3nnnn3CCc3ccccc3)CC2)cc1. The van der Waals surface area contributed by atoms with E-state index in [4.69, 9.17) is 0 Å². The summed E-state index contributed by atoms with van der Waals surface area (Å²) >= 11 is 0. The van der Waals surface area contributed by atoms with Gasteiger partial charge in [0.05, 0.1) is 12.1 Å². The number of nitrogens with zero attached hydrogens (tertiary/aromatic N) is 10. The van der Waals surface area contributed by atoms with Gasteiger partial charge < -0.3 is 0 Å². The number of benzene rings is 4. The third kappa shape index (κ3) is 7.25. The van der Waals surface area contributed by atoms with Crippen LogP contribution in [0, 0.1) is 13.8 Å². The lowest BCUT2D eigenvalue weighted by atomic mass is 9.99. The van der Waals surface area contributed by atoms with Crippen LogP contribution < -0.4 is 0 Å². The quantitative estimate of drug-likeness (QED) is 0.179. The van der Waals surface area contributed by atoms with Crippen LogP contribution in [0.5, 0.6) is 0 Å². The van der Waals surface area contributed by atoms with Crippen LogP contribution in [0.15, 0.2) is 109 Å². The Labute approximate surface area is 282 Å². The van der Waals surface area contributed by atoms with Crippen molar-refractivity contribution in [1.29, 1.82) is 0 Å². The first kappa shape index (κ1) is 31.5. The number of aromatic nitrogens is 8. The molecular weight excluding hydrogens is 596 g/mol. The minimum absolute atomic E-state index is 0.0625. The molecule has 2 atom stereocenters. The van der Waals surface area contributed by atoms with Crippen molar-refractivity contribution in [2.45, 2.75) is 51.9 Å². The minimum atomic E-state index is -0.0625. The lowest BCUT2D eigenvalue weighted by Crippen LogP contribution is -2.50. The van der Waals surface area contributed by atoms with Gasteiger partial charge >= 0.3 is 0 Å². The van der Waals surface area contributed by atoms with E-state index in [-0.39, 0.29) is 12.1 Å². The van der Waals surface area contributed by atoms with Gasteiger partial charge in [-0.2, -0.15) is 0 Å². The molecule has 0 radical (unpaired) electrons. The summed E-state index contributed by atoms with van der Waals surface area (Å²) in [5.41, 5.74) is 7.41. The molecule has 0 aliphatic carbocycles. The maximum Gasteiger partial charge on any atom is 0.173 e. The highest BCUT2D eigenvalue weighted by Gasteiger charge is 2.35. The predicted octanol–water partition coefficient (Wildman–Crippen LogP) is 5.26. The monoisotopic (exact) mass is 638 g/mol. The molecule has 3 heterocycles. The Morgan fingerprint density at radius 1 is 0.500 bits per heavy atom. The van der Waals surface area contributed by atoms with Gasteiger partial charge in [-0.15, -0.1) is 10.2 Å². The van der Waals surface area contributed by atoms with Crippen molar-refractivity contribution in [3.8, 4) is 0 Å². The van der Waals surface area contributed by atoms with E-state index in [0.29, 0.717) is 0 Å². The summed E-state index contributed by atoms with van der Waals surface area (Å²) < 4.78 is 3.97. The van der Waals surface area contributed by atoms with Crippen molar-refractivity contribution in [3.05, 3.63) is 154 Å². The van der Waals surface area contributed by atoms with Crippen molar-refractivity contribution >= 4 is 0 Å². The molecule has 1 fully saturated rings. The summed E-state index contributed by atoms with van der Waals surface area (Å²) in [6, 6.07) is 38.5. The van der Waals surface area contributed by atoms with Gasteiger partial charge in [-0.1, -0.05) is 120 Å². The lowest BCUT2D eigenvalue weighted by Gasteiger charge is -2.41. The van der Waals surface area contributed by atoms with E-state index in [9.17, 15) is 0 Å². The second-order valence-electron chi connectivity index (χ2n) is 12.7. The van der Waals surface area contributed by atoms with Crippen molar-refractivity contribution in [2.24, 2.45) is 0 Å². The predicted molar refractivity (Wildman–Crippen MR) is 185 cm³/mol. The Morgan fingerprint density at radius 3 is 1.25 bits per heavy atom. The maximum absolute atomic E-state index is 4.63. The van der Waals surface area contributed by atoms with E-state index in [1.807, 2.05) is 21.5 Å². The molecule has 48 heavy (non-hydrogen) atoms. The first-order valence-electron chi connectivity index (χ1n) is 16.8. The van der Waals surface area contributed by atoms with E-state index < -0.39 is 0 Å². The Bertz CT molecular complexity index is 1720. The van der Waals surface area contributed by atoms with E-state index in [1.54, 1.807) is 0 Å². The zero-order valence-electron chi connectivity index (χ0n) is 27.7. The van der Waals surface area contributed by atoms with E-state index in [2.05, 4.69) is 152 Å². The van der Waals surface area contributed by atoms with Crippen LogP contribution >= 0.6 is 0 Å². The molecule has 6 aromatic rings. The van der Waals surface area contributed by atoms with Gasteiger partial charge in [0.25, 0.3) is 0 Å². The number of piperazine rings is 1. The smallest absolute Gasteiger partial charge is 0.173 e. The fraction of sp³-hybridized carbons (Fsp3) is 0.316. The highest BCUT2D eigenvalue weighted by atomic mass is 15.6. The molecule has 7 rings (SSSR count). The van der Waals surface area contributed by atoms with Crippen molar-refractivity contribution in [2.75, 3.05) is 26.2 Å². The zero-order chi connectivity index (χ0) is 32.7. The summed E-state index contributed by atoms with van der Waals surface area (Å²) in [6.45, 7) is 9.07. The molecule has 2 unspecified atom stereocenters. The van der Waals surface area contributed by atoms with Gasteiger partial charge in [0.1, 0.15) is 0 Å². The summed E-state index contributed by atoms with van der Waals surface area (Å²) in [4.78, 5) is 5.05. The first-order valence-corrected chi connectivity index (χ1v) is 16.8. The molecule has 1 aliphatic heterocycles. The Hall–Kier alpha value is -5.06. The van der Waals surface area contributed by atoms with Gasteiger partial charge in [-0.05, 0) is 69.8 Å². The van der Waals surface area contributed by atoms with Crippen molar-refractivity contribution < 1.29 is 0 Å². The molecule has 2 aromatic heterocycles. The number of hydrogen-bond acceptors (Lipinski definition) is 8. The Morgan fingerprint density at radius 2 is 0.875 bits per heavy atom. The van der Waals surface area contributed by atoms with Gasteiger partial charge in [-0.3, -0.25) is 9.80 Å². The van der Waals surface area contributed by atoms with Crippen molar-refractivity contribution in [3.63, 3.8) is 0 Å². The average molecular weight is 639 g/mol. The largest absolute Gasteiger partial charge is 0.287 e. The van der Waals surface area contributed by atoms with Crippen LogP contribution in [0.3, 0.4) is 0 Å². The first-order chi connectivity index (χ1) is 23.6. The molecule has 0 N–H and O–H groups in total. The summed E-state index contributed by atoms with van der Waals surface area (Å²) in [7, 11) is 0. The highest BCUT2D eigenvalue weighted by molar-refractivity contribution is 5.30. The summed E-state index contributed by atoms with van der Waals surface area (Å²) in [5, 5.41) is 26.5. The number of aryl methyl sites for hydroxylation is 6. The van der Waals surface area contributed by atoms with Gasteiger partial charge in [-0.25, -0.2) is 9.36 Å². The standard InChI is InChI=1S/C38H42N10/c1-29-13-17-33(18-14-29)35(37-39-41-43-47(37)23-21-31-9-5-3-6-10-31)45-25-27-46(28-26-45)36(34-19-15-30(2)16-20-34)38-40-42-44-48(38)24-22-32-11-7-4-8-12-32/h3-20,35-36H,21-28H2,1-2H3. The number of rotatable bonds is 12. The molecule has 0 spiro atoms. The Kier molecular flexibility index (Phi) is 9.72. The lowest BCUT2D eigenvalue weighted by molar-refractivity contribution is 0.0822. The fourth-order valence-corrected chi connectivity index (χ4v) is 6.69. The van der Waals surface area contributed by atoms with E-state index >= 15 is 0 Å². The molecule has 4 aromatic carbocycles. The molecule has 244 valence electrons. The van der Waals surface area contributed by atoms with Crippen LogP contribution in [0.4, 0.5) is 0 Å². The molecule has 10 nitrogen and oxygen atoms in total. The maximum atomic E-state index is 4.63. The van der Waals surface area contributed by atoms with Crippen LogP contribution in [0.25, 0.3) is 0 Å². The van der Waals surface area contributed by atoms with Crippen LogP contribution in [-0.2, 0) is 25.9 Å². The van der Waals surface area contributed by atoms with E-state index in [0.717, 1.165) is 63.8 Å². The number of hydrogen-bond donors (Lipinski definition) is 0. The molecule has 0 bridgehead atoms. The fourth-order valence-electron chi connectivity index (χ4n) is 6.69. The molecule has 0 saturated carbocycles. The number of tetrazole rings is 2. The molecule has 1 saturated heterocycles. The van der Waals surface area contributed by atoms with Crippen LogP contribution in [-0.4, -0.2) is 76.4 Å². The second-order valence-corrected chi connectivity index (χ2v) is 12.7. The van der Waals surface area contributed by atoms with Gasteiger partial charge in [0.15, 0.2) is 11.6 Å². The second kappa shape index (κ2) is 14.8. The van der Waals surface area contributed by atoms with E-state index in [1.165, 1.54) is 33.4 Å². The zero-order valence-corrected chi connectivity index (χ0v) is 27.7. The third-order valence-corrected chi connectivity index (χ3v) is 9.38.